The van der Waals surface area contributed by atoms with Gasteiger partial charge in [-0.3, -0.25) is 0 Å². The number of hydrogen-bond donors (Lipinski definition) is 2. The standard InChI is InChI=1S/C14H15N3OS/c1-9(18)14-16-12-7-10(15)4-5-13(12)17(14)8-11-3-2-6-19-11/h2-7,9,18H,8,15H2,1H3. The van der Waals surface area contributed by atoms with Crippen LogP contribution < -0.4 is 5.73 Å². The number of anilines is 1. The Morgan fingerprint density at radius 3 is 2.95 bits per heavy atom. The minimum Gasteiger partial charge on any atom is -0.399 e. The lowest BCUT2D eigenvalue weighted by molar-refractivity contribution is 0.185. The predicted molar refractivity (Wildman–Crippen MR) is 78.2 cm³/mol. The summed E-state index contributed by atoms with van der Waals surface area (Å²) in [5, 5.41) is 11.9. The molecule has 0 spiro atoms. The van der Waals surface area contributed by atoms with E-state index in [1.807, 2.05) is 28.8 Å². The van der Waals surface area contributed by atoms with Gasteiger partial charge in [0, 0.05) is 10.6 Å². The molecule has 2 aromatic heterocycles. The van der Waals surface area contributed by atoms with Crippen molar-refractivity contribution in [2.75, 3.05) is 5.73 Å². The summed E-state index contributed by atoms with van der Waals surface area (Å²) in [6, 6.07) is 9.77. The van der Waals surface area contributed by atoms with Crippen LogP contribution in [0.2, 0.25) is 0 Å². The van der Waals surface area contributed by atoms with Gasteiger partial charge in [-0.25, -0.2) is 4.98 Å². The van der Waals surface area contributed by atoms with E-state index in [0.717, 1.165) is 17.6 Å². The fourth-order valence-electron chi connectivity index (χ4n) is 2.21. The second-order valence-corrected chi connectivity index (χ2v) is 5.59. The number of fused-ring (bicyclic) bond motifs is 1. The average Bonchev–Trinajstić information content (AvgIpc) is 2.97. The van der Waals surface area contributed by atoms with E-state index in [1.165, 1.54) is 4.88 Å². The van der Waals surface area contributed by atoms with Gasteiger partial charge in [0.1, 0.15) is 11.9 Å². The van der Waals surface area contributed by atoms with Gasteiger partial charge in [-0.05, 0) is 36.6 Å². The zero-order valence-electron chi connectivity index (χ0n) is 10.6. The molecule has 0 saturated carbocycles. The Labute approximate surface area is 115 Å². The Bertz CT molecular complexity index is 701. The Morgan fingerprint density at radius 1 is 1.42 bits per heavy atom. The number of aliphatic hydroxyl groups excluding tert-OH is 1. The van der Waals surface area contributed by atoms with Gasteiger partial charge in [0.2, 0.25) is 0 Å². The van der Waals surface area contributed by atoms with E-state index in [-0.39, 0.29) is 0 Å². The lowest BCUT2D eigenvalue weighted by atomic mass is 10.3. The largest absolute Gasteiger partial charge is 0.399 e. The first-order chi connectivity index (χ1) is 9.15. The number of rotatable bonds is 3. The highest BCUT2D eigenvalue weighted by Gasteiger charge is 2.15. The lowest BCUT2D eigenvalue weighted by Crippen LogP contribution is -2.07. The van der Waals surface area contributed by atoms with Gasteiger partial charge in [-0.2, -0.15) is 0 Å². The third-order valence-corrected chi connectivity index (χ3v) is 3.93. The van der Waals surface area contributed by atoms with Crippen molar-refractivity contribution in [3.8, 4) is 0 Å². The molecule has 1 atom stereocenters. The van der Waals surface area contributed by atoms with Crippen LogP contribution in [0.25, 0.3) is 11.0 Å². The zero-order chi connectivity index (χ0) is 13.4. The molecular formula is C14H15N3OS. The SMILES string of the molecule is CC(O)c1nc2cc(N)ccc2n1Cc1cccs1. The van der Waals surface area contributed by atoms with Crippen molar-refractivity contribution < 1.29 is 5.11 Å². The van der Waals surface area contributed by atoms with Crippen LogP contribution in [-0.2, 0) is 6.54 Å². The summed E-state index contributed by atoms with van der Waals surface area (Å²) in [6.07, 6.45) is -0.603. The molecule has 0 fully saturated rings. The van der Waals surface area contributed by atoms with E-state index >= 15 is 0 Å². The van der Waals surface area contributed by atoms with Crippen molar-refractivity contribution >= 4 is 28.1 Å². The number of thiophene rings is 1. The van der Waals surface area contributed by atoms with Gasteiger partial charge in [0.05, 0.1) is 17.6 Å². The second kappa shape index (κ2) is 4.68. The molecule has 1 unspecified atom stereocenters. The van der Waals surface area contributed by atoms with Crippen LogP contribution in [0.5, 0.6) is 0 Å². The van der Waals surface area contributed by atoms with Crippen LogP contribution >= 0.6 is 11.3 Å². The molecule has 1 aromatic carbocycles. The van der Waals surface area contributed by atoms with E-state index in [0.29, 0.717) is 11.5 Å². The smallest absolute Gasteiger partial charge is 0.138 e. The Morgan fingerprint density at radius 2 is 2.26 bits per heavy atom. The summed E-state index contributed by atoms with van der Waals surface area (Å²) in [4.78, 5) is 5.73. The molecule has 3 rings (SSSR count). The van der Waals surface area contributed by atoms with E-state index < -0.39 is 6.10 Å². The molecule has 5 heteroatoms. The van der Waals surface area contributed by atoms with Crippen molar-refractivity contribution in [2.45, 2.75) is 19.6 Å². The zero-order valence-corrected chi connectivity index (χ0v) is 11.4. The molecule has 98 valence electrons. The highest BCUT2D eigenvalue weighted by atomic mass is 32.1. The van der Waals surface area contributed by atoms with E-state index in [4.69, 9.17) is 5.73 Å². The summed E-state index contributed by atoms with van der Waals surface area (Å²) in [5.41, 5.74) is 8.30. The lowest BCUT2D eigenvalue weighted by Gasteiger charge is -2.09. The number of nitrogens with zero attached hydrogens (tertiary/aromatic N) is 2. The number of hydrogen-bond acceptors (Lipinski definition) is 4. The second-order valence-electron chi connectivity index (χ2n) is 4.56. The van der Waals surface area contributed by atoms with Crippen LogP contribution in [0.1, 0.15) is 23.7 Å². The van der Waals surface area contributed by atoms with Crippen molar-refractivity contribution in [1.29, 1.82) is 0 Å². The number of aromatic nitrogens is 2. The summed E-state index contributed by atoms with van der Waals surface area (Å²) in [7, 11) is 0. The molecule has 0 saturated heterocycles. The van der Waals surface area contributed by atoms with Crippen molar-refractivity contribution in [3.05, 3.63) is 46.4 Å². The molecule has 0 bridgehead atoms. The quantitative estimate of drug-likeness (QED) is 0.721. The van der Waals surface area contributed by atoms with Gasteiger partial charge in [-0.1, -0.05) is 6.07 Å². The molecule has 0 radical (unpaired) electrons. The maximum absolute atomic E-state index is 9.89. The molecule has 3 aromatic rings. The summed E-state index contributed by atoms with van der Waals surface area (Å²) in [6.45, 7) is 2.45. The van der Waals surface area contributed by atoms with Crippen LogP contribution in [0.4, 0.5) is 5.69 Å². The first-order valence-electron chi connectivity index (χ1n) is 6.11. The number of benzene rings is 1. The molecule has 3 N–H and O–H groups in total. The molecular weight excluding hydrogens is 258 g/mol. The number of nitrogens with two attached hydrogens (primary N) is 1. The summed E-state index contributed by atoms with van der Waals surface area (Å²) < 4.78 is 2.05. The third kappa shape index (κ3) is 2.22. The highest BCUT2D eigenvalue weighted by Crippen LogP contribution is 2.24. The molecule has 0 amide bonds. The Hall–Kier alpha value is -1.85. The Balaban J connectivity index is 2.16. The van der Waals surface area contributed by atoms with E-state index in [9.17, 15) is 5.11 Å². The normalized spacial score (nSPS) is 12.9. The number of imidazole rings is 1. The molecule has 19 heavy (non-hydrogen) atoms. The van der Waals surface area contributed by atoms with Crippen LogP contribution in [-0.4, -0.2) is 14.7 Å². The maximum Gasteiger partial charge on any atom is 0.138 e. The molecule has 4 nitrogen and oxygen atoms in total. The van der Waals surface area contributed by atoms with Crippen LogP contribution in [0, 0.1) is 0 Å². The first-order valence-corrected chi connectivity index (χ1v) is 6.99. The van der Waals surface area contributed by atoms with Gasteiger partial charge >= 0.3 is 0 Å². The van der Waals surface area contributed by atoms with Crippen LogP contribution in [0.15, 0.2) is 35.7 Å². The number of aliphatic hydroxyl groups is 1. The molecule has 0 aliphatic carbocycles. The fourth-order valence-corrected chi connectivity index (χ4v) is 2.90. The molecule has 2 heterocycles. The maximum atomic E-state index is 9.89. The average molecular weight is 273 g/mol. The van der Waals surface area contributed by atoms with Gasteiger partial charge in [0.25, 0.3) is 0 Å². The van der Waals surface area contributed by atoms with E-state index in [1.54, 1.807) is 18.3 Å². The van der Waals surface area contributed by atoms with Crippen LogP contribution in [0.3, 0.4) is 0 Å². The highest BCUT2D eigenvalue weighted by molar-refractivity contribution is 7.09. The molecule has 0 aliphatic rings. The van der Waals surface area contributed by atoms with Crippen molar-refractivity contribution in [1.82, 2.24) is 9.55 Å². The predicted octanol–water partition coefficient (Wildman–Crippen LogP) is 2.78. The summed E-state index contributed by atoms with van der Waals surface area (Å²) >= 11 is 1.70. The third-order valence-electron chi connectivity index (χ3n) is 3.07. The van der Waals surface area contributed by atoms with Crippen molar-refractivity contribution in [3.63, 3.8) is 0 Å². The monoisotopic (exact) mass is 273 g/mol. The van der Waals surface area contributed by atoms with Gasteiger partial charge in [-0.15, -0.1) is 11.3 Å². The minimum atomic E-state index is -0.603. The molecule has 0 aliphatic heterocycles. The van der Waals surface area contributed by atoms with E-state index in [2.05, 4.69) is 16.4 Å². The van der Waals surface area contributed by atoms with Gasteiger partial charge < -0.3 is 15.4 Å². The fraction of sp³-hybridized carbons (Fsp3) is 0.214. The van der Waals surface area contributed by atoms with Crippen molar-refractivity contribution in [2.24, 2.45) is 0 Å². The summed E-state index contributed by atoms with van der Waals surface area (Å²) in [5.74, 6) is 0.675. The first kappa shape index (κ1) is 12.2. The topological polar surface area (TPSA) is 64.1 Å². The number of nitrogen functional groups attached to an aromatic ring is 1. The minimum absolute atomic E-state index is 0.603. The Kier molecular flexibility index (Phi) is 3.00. The van der Waals surface area contributed by atoms with Gasteiger partial charge in [0.15, 0.2) is 0 Å².